The molecule has 0 bridgehead atoms. The van der Waals surface area contributed by atoms with Gasteiger partial charge in [0.05, 0.1) is 18.8 Å². The van der Waals surface area contributed by atoms with Crippen molar-refractivity contribution in [2.45, 2.75) is 18.6 Å². The van der Waals surface area contributed by atoms with Gasteiger partial charge in [0.1, 0.15) is 11.5 Å². The topological polar surface area (TPSA) is 56.8 Å². The number of amides is 1. The zero-order valence-electron chi connectivity index (χ0n) is 13.6. The summed E-state index contributed by atoms with van der Waals surface area (Å²) in [6.45, 7) is 1.12. The first kappa shape index (κ1) is 16.5. The Hall–Kier alpha value is -2.37. The lowest BCUT2D eigenvalue weighted by Gasteiger charge is -2.31. The van der Waals surface area contributed by atoms with Crippen LogP contribution in [0, 0.1) is 0 Å². The van der Waals surface area contributed by atoms with Crippen LogP contribution in [-0.2, 0) is 9.47 Å². The van der Waals surface area contributed by atoms with E-state index in [2.05, 4.69) is 5.32 Å². The van der Waals surface area contributed by atoms with Crippen LogP contribution in [0.3, 0.4) is 0 Å². The van der Waals surface area contributed by atoms with Crippen molar-refractivity contribution in [2.24, 2.45) is 0 Å². The van der Waals surface area contributed by atoms with Gasteiger partial charge in [-0.2, -0.15) is 0 Å². The third-order valence-corrected chi connectivity index (χ3v) is 3.99. The van der Waals surface area contributed by atoms with E-state index in [1.54, 1.807) is 25.3 Å². The molecule has 1 heterocycles. The van der Waals surface area contributed by atoms with Crippen LogP contribution in [0.5, 0.6) is 11.5 Å². The molecule has 2 aromatic carbocycles. The van der Waals surface area contributed by atoms with Crippen LogP contribution < -0.4 is 10.1 Å². The second-order valence-electron chi connectivity index (χ2n) is 5.66. The minimum atomic E-state index is -0.161. The van der Waals surface area contributed by atoms with E-state index >= 15 is 0 Å². The molecule has 5 nitrogen and oxygen atoms in total. The van der Waals surface area contributed by atoms with Gasteiger partial charge >= 0.3 is 0 Å². The van der Waals surface area contributed by atoms with Crippen molar-refractivity contribution in [3.63, 3.8) is 0 Å². The third kappa shape index (κ3) is 4.13. The molecule has 0 aromatic heterocycles. The summed E-state index contributed by atoms with van der Waals surface area (Å²) in [5.41, 5.74) is 0.545. The van der Waals surface area contributed by atoms with Gasteiger partial charge in [-0.15, -0.1) is 0 Å². The summed E-state index contributed by atoms with van der Waals surface area (Å²) in [5.74, 6) is 1.19. The molecule has 0 unspecified atom stereocenters. The number of hydrogen-bond donors (Lipinski definition) is 1. The van der Waals surface area contributed by atoms with Crippen LogP contribution in [0.1, 0.15) is 16.8 Å². The monoisotopic (exact) mass is 327 g/mol. The highest BCUT2D eigenvalue weighted by Crippen LogP contribution is 2.22. The van der Waals surface area contributed by atoms with E-state index in [1.165, 1.54) is 0 Å². The average Bonchev–Trinajstić information content (AvgIpc) is 2.63. The molecule has 1 aliphatic heterocycles. The normalized spacial score (nSPS) is 20.4. The van der Waals surface area contributed by atoms with E-state index in [9.17, 15) is 4.79 Å². The number of hydrogen-bond acceptors (Lipinski definition) is 4. The quantitative estimate of drug-likeness (QED) is 0.917. The molecule has 1 N–H and O–H groups in total. The van der Waals surface area contributed by atoms with Gasteiger partial charge in [0.2, 0.25) is 0 Å². The summed E-state index contributed by atoms with van der Waals surface area (Å²) in [6, 6.07) is 16.4. The maximum absolute atomic E-state index is 12.5. The van der Waals surface area contributed by atoms with E-state index in [1.807, 2.05) is 36.4 Å². The fraction of sp³-hybridized carbons (Fsp3) is 0.316. The highest BCUT2D eigenvalue weighted by molar-refractivity contribution is 5.94. The summed E-state index contributed by atoms with van der Waals surface area (Å²) in [7, 11) is 1.66. The molecule has 24 heavy (non-hydrogen) atoms. The van der Waals surface area contributed by atoms with Crippen molar-refractivity contribution in [1.82, 2.24) is 5.32 Å². The maximum atomic E-state index is 12.5. The number of carbonyl (C=O) groups is 1. The molecule has 0 radical (unpaired) electrons. The molecule has 1 amide bonds. The molecule has 2 atom stereocenters. The van der Waals surface area contributed by atoms with Crippen molar-refractivity contribution < 1.29 is 19.0 Å². The van der Waals surface area contributed by atoms with Crippen molar-refractivity contribution in [1.29, 1.82) is 0 Å². The predicted molar refractivity (Wildman–Crippen MR) is 90.4 cm³/mol. The number of rotatable bonds is 5. The Labute approximate surface area is 141 Å². The highest BCUT2D eigenvalue weighted by Gasteiger charge is 2.27. The van der Waals surface area contributed by atoms with Crippen LogP contribution >= 0.6 is 0 Å². The first-order valence-electron chi connectivity index (χ1n) is 8.00. The average molecular weight is 327 g/mol. The summed E-state index contributed by atoms with van der Waals surface area (Å²) in [5, 5.41) is 2.98. The summed E-state index contributed by atoms with van der Waals surface area (Å²) >= 11 is 0. The Morgan fingerprint density at radius 1 is 1.12 bits per heavy atom. The zero-order valence-corrected chi connectivity index (χ0v) is 13.6. The Morgan fingerprint density at radius 2 is 1.92 bits per heavy atom. The number of para-hydroxylation sites is 1. The summed E-state index contributed by atoms with van der Waals surface area (Å²) in [4.78, 5) is 12.5. The largest absolute Gasteiger partial charge is 0.457 e. The van der Waals surface area contributed by atoms with Crippen molar-refractivity contribution in [2.75, 3.05) is 20.3 Å². The molecular formula is C19H21NO4. The van der Waals surface area contributed by atoms with Gasteiger partial charge in [0.15, 0.2) is 0 Å². The number of benzene rings is 2. The molecule has 2 aromatic rings. The lowest BCUT2D eigenvalue weighted by atomic mass is 10.1. The zero-order chi connectivity index (χ0) is 16.8. The Morgan fingerprint density at radius 3 is 2.71 bits per heavy atom. The van der Waals surface area contributed by atoms with E-state index in [4.69, 9.17) is 14.2 Å². The standard InChI is InChI=1S/C19H21NO4/c1-22-18-10-11-23-13-17(18)20-19(21)14-6-5-9-16(12-14)24-15-7-3-2-4-8-15/h2-9,12,17-18H,10-11,13H2,1H3,(H,20,21)/t17-,18-/m1/s1. The first-order valence-corrected chi connectivity index (χ1v) is 8.00. The van der Waals surface area contributed by atoms with Crippen molar-refractivity contribution in [3.05, 3.63) is 60.2 Å². The fourth-order valence-corrected chi connectivity index (χ4v) is 2.71. The molecule has 1 aliphatic rings. The van der Waals surface area contributed by atoms with Gasteiger partial charge in [0, 0.05) is 19.3 Å². The number of ether oxygens (including phenoxy) is 3. The van der Waals surface area contributed by atoms with Crippen LogP contribution in [0.2, 0.25) is 0 Å². The van der Waals surface area contributed by atoms with Gasteiger partial charge in [-0.25, -0.2) is 0 Å². The Balaban J connectivity index is 1.67. The Kier molecular flexibility index (Phi) is 5.46. The van der Waals surface area contributed by atoms with E-state index in [0.29, 0.717) is 24.5 Å². The van der Waals surface area contributed by atoms with Crippen LogP contribution in [-0.4, -0.2) is 38.4 Å². The van der Waals surface area contributed by atoms with E-state index < -0.39 is 0 Å². The SMILES string of the molecule is CO[C@@H]1CCOC[C@H]1NC(=O)c1cccc(Oc2ccccc2)c1. The molecule has 5 heteroatoms. The van der Waals surface area contributed by atoms with Crippen LogP contribution in [0.4, 0.5) is 0 Å². The summed E-state index contributed by atoms with van der Waals surface area (Å²) < 4.78 is 16.6. The summed E-state index contributed by atoms with van der Waals surface area (Å²) in [6.07, 6.45) is 0.755. The van der Waals surface area contributed by atoms with Gasteiger partial charge in [-0.05, 0) is 36.8 Å². The van der Waals surface area contributed by atoms with Gasteiger partial charge in [-0.3, -0.25) is 4.79 Å². The van der Waals surface area contributed by atoms with Crippen molar-refractivity contribution >= 4 is 5.91 Å². The molecular weight excluding hydrogens is 306 g/mol. The van der Waals surface area contributed by atoms with Gasteiger partial charge < -0.3 is 19.5 Å². The highest BCUT2D eigenvalue weighted by atomic mass is 16.5. The van der Waals surface area contributed by atoms with Crippen molar-refractivity contribution in [3.8, 4) is 11.5 Å². The molecule has 126 valence electrons. The lowest BCUT2D eigenvalue weighted by Crippen LogP contribution is -2.50. The molecule has 0 aliphatic carbocycles. The van der Waals surface area contributed by atoms with Crippen LogP contribution in [0.15, 0.2) is 54.6 Å². The third-order valence-electron chi connectivity index (χ3n) is 3.99. The fourth-order valence-electron chi connectivity index (χ4n) is 2.71. The van der Waals surface area contributed by atoms with E-state index in [0.717, 1.165) is 12.2 Å². The maximum Gasteiger partial charge on any atom is 0.251 e. The second-order valence-corrected chi connectivity index (χ2v) is 5.66. The molecule has 0 saturated carbocycles. The number of nitrogens with one attached hydrogen (secondary N) is 1. The van der Waals surface area contributed by atoms with Gasteiger partial charge in [0.25, 0.3) is 5.91 Å². The first-order chi connectivity index (χ1) is 11.8. The number of carbonyl (C=O) groups excluding carboxylic acids is 1. The minimum Gasteiger partial charge on any atom is -0.457 e. The predicted octanol–water partition coefficient (Wildman–Crippen LogP) is 3.01. The number of methoxy groups -OCH3 is 1. The molecule has 0 spiro atoms. The molecule has 1 fully saturated rings. The molecule has 1 saturated heterocycles. The second kappa shape index (κ2) is 7.95. The lowest BCUT2D eigenvalue weighted by molar-refractivity contribution is -0.0349. The van der Waals surface area contributed by atoms with Gasteiger partial charge in [-0.1, -0.05) is 24.3 Å². The minimum absolute atomic E-state index is 0.0218. The van der Waals surface area contributed by atoms with Crippen LogP contribution in [0.25, 0.3) is 0 Å². The Bertz CT molecular complexity index is 674. The smallest absolute Gasteiger partial charge is 0.251 e. The van der Waals surface area contributed by atoms with E-state index in [-0.39, 0.29) is 18.1 Å². The molecule has 3 rings (SSSR count).